The van der Waals surface area contributed by atoms with Crippen molar-refractivity contribution in [3.63, 3.8) is 0 Å². The topological polar surface area (TPSA) is 90.4 Å². The fourth-order valence-corrected chi connectivity index (χ4v) is 3.12. The van der Waals surface area contributed by atoms with Gasteiger partial charge in [-0.3, -0.25) is 4.72 Å². The highest BCUT2D eigenvalue weighted by molar-refractivity contribution is 7.92. The first-order valence-electron chi connectivity index (χ1n) is 6.54. The molecule has 2 rings (SSSR count). The molecule has 0 bridgehead atoms. The summed E-state index contributed by atoms with van der Waals surface area (Å²) in [6, 6.07) is 3.52. The van der Waals surface area contributed by atoms with Gasteiger partial charge in [-0.05, 0) is 32.0 Å². The zero-order valence-corrected chi connectivity index (χ0v) is 13.9. The van der Waals surface area contributed by atoms with Gasteiger partial charge < -0.3 is 9.47 Å². The third-order valence-corrected chi connectivity index (χ3v) is 4.45. The van der Waals surface area contributed by atoms with Gasteiger partial charge in [0.2, 0.25) is 0 Å². The first kappa shape index (κ1) is 16.9. The van der Waals surface area contributed by atoms with E-state index in [1.807, 2.05) is 0 Å². The molecule has 0 aliphatic carbocycles. The van der Waals surface area contributed by atoms with Gasteiger partial charge >= 0.3 is 6.01 Å². The van der Waals surface area contributed by atoms with Crippen molar-refractivity contribution < 1.29 is 22.3 Å². The fraction of sp³-hybridized carbons (Fsp3) is 0.286. The standard InChI is InChI=1S/C14H16FN3O4S/c1-8-13(9(2)17-14(16-8)22-4)18-23(19,20)10-5-6-12(21-3)11(15)7-10/h5-7,18H,1-4H3. The summed E-state index contributed by atoms with van der Waals surface area (Å²) in [5, 5.41) is 0. The molecule has 1 heterocycles. The Morgan fingerprint density at radius 3 is 2.17 bits per heavy atom. The Balaban J connectivity index is 2.41. The number of rotatable bonds is 5. The molecule has 0 aliphatic rings. The lowest BCUT2D eigenvalue weighted by Gasteiger charge is -2.13. The van der Waals surface area contributed by atoms with E-state index in [0.29, 0.717) is 11.4 Å². The first-order chi connectivity index (χ1) is 10.8. The summed E-state index contributed by atoms with van der Waals surface area (Å²) in [4.78, 5) is 7.81. The van der Waals surface area contributed by atoms with Gasteiger partial charge in [-0.2, -0.15) is 9.97 Å². The van der Waals surface area contributed by atoms with Gasteiger partial charge in [-0.25, -0.2) is 12.8 Å². The summed E-state index contributed by atoms with van der Waals surface area (Å²) >= 11 is 0. The second kappa shape index (κ2) is 6.37. The van der Waals surface area contributed by atoms with Crippen LogP contribution in [0.3, 0.4) is 0 Å². The Kier molecular flexibility index (Phi) is 4.69. The lowest BCUT2D eigenvalue weighted by molar-refractivity contribution is 0.378. The smallest absolute Gasteiger partial charge is 0.316 e. The Morgan fingerprint density at radius 2 is 1.70 bits per heavy atom. The third-order valence-electron chi connectivity index (χ3n) is 3.10. The molecule has 7 nitrogen and oxygen atoms in total. The Hall–Kier alpha value is -2.42. The van der Waals surface area contributed by atoms with Crippen LogP contribution < -0.4 is 14.2 Å². The highest BCUT2D eigenvalue weighted by Gasteiger charge is 2.20. The van der Waals surface area contributed by atoms with E-state index in [-0.39, 0.29) is 22.3 Å². The fourth-order valence-electron chi connectivity index (χ4n) is 1.93. The van der Waals surface area contributed by atoms with Crippen LogP contribution in [0.5, 0.6) is 11.8 Å². The maximum atomic E-state index is 13.7. The second-order valence-electron chi connectivity index (χ2n) is 4.66. The van der Waals surface area contributed by atoms with Gasteiger partial charge in [0.15, 0.2) is 11.6 Å². The van der Waals surface area contributed by atoms with Gasteiger partial charge in [0.05, 0.1) is 36.2 Å². The van der Waals surface area contributed by atoms with Gasteiger partial charge in [-0.1, -0.05) is 0 Å². The van der Waals surface area contributed by atoms with E-state index in [1.165, 1.54) is 26.4 Å². The first-order valence-corrected chi connectivity index (χ1v) is 8.02. The molecule has 23 heavy (non-hydrogen) atoms. The number of aryl methyl sites for hydroxylation is 2. The van der Waals surface area contributed by atoms with Crippen LogP contribution in [0.4, 0.5) is 10.1 Å². The van der Waals surface area contributed by atoms with Crippen LogP contribution in [-0.4, -0.2) is 32.6 Å². The zero-order valence-electron chi connectivity index (χ0n) is 13.0. The summed E-state index contributed by atoms with van der Waals surface area (Å²) in [5.41, 5.74) is 1.01. The van der Waals surface area contributed by atoms with Crippen molar-refractivity contribution >= 4 is 15.7 Å². The molecule has 1 aromatic carbocycles. The van der Waals surface area contributed by atoms with E-state index in [9.17, 15) is 12.8 Å². The molecular formula is C14H16FN3O4S. The summed E-state index contributed by atoms with van der Waals surface area (Å²) in [6.07, 6.45) is 0. The predicted molar refractivity (Wildman–Crippen MR) is 81.8 cm³/mol. The van der Waals surface area contributed by atoms with Crippen LogP contribution in [0.15, 0.2) is 23.1 Å². The Labute approximate surface area is 133 Å². The summed E-state index contributed by atoms with van der Waals surface area (Å²) in [5.74, 6) is -0.807. The van der Waals surface area contributed by atoms with E-state index in [0.717, 1.165) is 6.07 Å². The summed E-state index contributed by atoms with van der Waals surface area (Å²) < 4.78 is 50.6. The molecule has 0 amide bonds. The monoisotopic (exact) mass is 341 g/mol. The summed E-state index contributed by atoms with van der Waals surface area (Å²) in [6.45, 7) is 3.23. The molecule has 0 fully saturated rings. The number of nitrogens with zero attached hydrogens (tertiary/aromatic N) is 2. The van der Waals surface area contributed by atoms with Crippen molar-refractivity contribution in [1.82, 2.24) is 9.97 Å². The molecule has 1 aromatic heterocycles. The molecule has 1 N–H and O–H groups in total. The summed E-state index contributed by atoms with van der Waals surface area (Å²) in [7, 11) is -1.28. The Bertz CT molecular complexity index is 817. The van der Waals surface area contributed by atoms with Gasteiger partial charge in [0, 0.05) is 0 Å². The predicted octanol–water partition coefficient (Wildman–Crippen LogP) is 2.05. The highest BCUT2D eigenvalue weighted by Crippen LogP contribution is 2.25. The van der Waals surface area contributed by atoms with E-state index in [1.54, 1.807) is 13.8 Å². The number of nitrogens with one attached hydrogen (secondary N) is 1. The van der Waals surface area contributed by atoms with Crippen molar-refractivity contribution in [3.05, 3.63) is 35.4 Å². The number of hydrogen-bond acceptors (Lipinski definition) is 6. The SMILES string of the molecule is COc1nc(C)c(NS(=O)(=O)c2ccc(OC)c(F)c2)c(C)n1. The van der Waals surface area contributed by atoms with E-state index in [4.69, 9.17) is 9.47 Å². The molecule has 0 aliphatic heterocycles. The number of benzene rings is 1. The number of methoxy groups -OCH3 is 2. The van der Waals surface area contributed by atoms with Crippen LogP contribution in [-0.2, 0) is 10.0 Å². The number of hydrogen-bond donors (Lipinski definition) is 1. The molecule has 0 spiro atoms. The molecule has 0 saturated carbocycles. The van der Waals surface area contributed by atoms with Crippen LogP contribution in [0, 0.1) is 19.7 Å². The van der Waals surface area contributed by atoms with Crippen molar-refractivity contribution in [2.75, 3.05) is 18.9 Å². The number of aromatic nitrogens is 2. The average Bonchev–Trinajstić information content (AvgIpc) is 2.50. The molecule has 0 atom stereocenters. The Morgan fingerprint density at radius 1 is 1.09 bits per heavy atom. The van der Waals surface area contributed by atoms with Crippen molar-refractivity contribution in [2.24, 2.45) is 0 Å². The van der Waals surface area contributed by atoms with E-state index >= 15 is 0 Å². The quantitative estimate of drug-likeness (QED) is 0.895. The number of sulfonamides is 1. The lowest BCUT2D eigenvalue weighted by atomic mass is 10.3. The zero-order chi connectivity index (χ0) is 17.2. The molecular weight excluding hydrogens is 325 g/mol. The number of anilines is 1. The third kappa shape index (κ3) is 3.50. The minimum atomic E-state index is -3.99. The van der Waals surface area contributed by atoms with Crippen LogP contribution in [0.2, 0.25) is 0 Å². The van der Waals surface area contributed by atoms with Crippen molar-refractivity contribution in [2.45, 2.75) is 18.7 Å². The van der Waals surface area contributed by atoms with Gasteiger partial charge in [-0.15, -0.1) is 0 Å². The van der Waals surface area contributed by atoms with Crippen LogP contribution >= 0.6 is 0 Å². The minimum Gasteiger partial charge on any atom is -0.494 e. The molecule has 124 valence electrons. The lowest BCUT2D eigenvalue weighted by Crippen LogP contribution is -2.16. The van der Waals surface area contributed by atoms with Crippen LogP contribution in [0.25, 0.3) is 0 Å². The highest BCUT2D eigenvalue weighted by atomic mass is 32.2. The number of ether oxygens (including phenoxy) is 2. The second-order valence-corrected chi connectivity index (χ2v) is 6.34. The molecule has 0 unspecified atom stereocenters. The number of halogens is 1. The molecule has 0 saturated heterocycles. The minimum absolute atomic E-state index is 0.0379. The maximum absolute atomic E-state index is 13.7. The van der Waals surface area contributed by atoms with Gasteiger partial charge in [0.25, 0.3) is 10.0 Å². The van der Waals surface area contributed by atoms with Gasteiger partial charge in [0.1, 0.15) is 0 Å². The molecule has 0 radical (unpaired) electrons. The van der Waals surface area contributed by atoms with Crippen molar-refractivity contribution in [1.29, 1.82) is 0 Å². The normalized spacial score (nSPS) is 11.2. The van der Waals surface area contributed by atoms with E-state index in [2.05, 4.69) is 14.7 Å². The van der Waals surface area contributed by atoms with Crippen LogP contribution in [0.1, 0.15) is 11.4 Å². The molecule has 9 heteroatoms. The average molecular weight is 341 g/mol. The van der Waals surface area contributed by atoms with E-state index < -0.39 is 15.8 Å². The maximum Gasteiger partial charge on any atom is 0.316 e. The molecule has 2 aromatic rings. The largest absolute Gasteiger partial charge is 0.494 e. The van der Waals surface area contributed by atoms with Crippen molar-refractivity contribution in [3.8, 4) is 11.8 Å².